The summed E-state index contributed by atoms with van der Waals surface area (Å²) in [5.74, 6) is 0.726. The zero-order valence-electron chi connectivity index (χ0n) is 10.1. The average molecular weight is 249 g/mol. The molecular formula is C16H11NO2. The molecule has 1 amide bonds. The maximum absolute atomic E-state index is 12.1. The number of hydrogen-bond donors (Lipinski definition) is 1. The van der Waals surface area contributed by atoms with Gasteiger partial charge in [0.25, 0.3) is 5.91 Å². The maximum atomic E-state index is 12.1. The van der Waals surface area contributed by atoms with Crippen LogP contribution in [0.15, 0.2) is 59.2 Å². The quantitative estimate of drug-likeness (QED) is 0.719. The maximum Gasteiger partial charge on any atom is 0.252 e. The van der Waals surface area contributed by atoms with Gasteiger partial charge in [-0.25, -0.2) is 0 Å². The third-order valence-corrected chi connectivity index (χ3v) is 3.58. The molecule has 1 aliphatic rings. The fourth-order valence-electron chi connectivity index (χ4n) is 2.66. The molecule has 0 saturated carbocycles. The van der Waals surface area contributed by atoms with Crippen molar-refractivity contribution >= 4 is 16.7 Å². The average Bonchev–Trinajstić information content (AvgIpc) is 3.05. The molecular weight excluding hydrogens is 238 g/mol. The molecule has 1 aromatic heterocycles. The van der Waals surface area contributed by atoms with Gasteiger partial charge < -0.3 is 9.73 Å². The number of rotatable bonds is 1. The van der Waals surface area contributed by atoms with Crippen LogP contribution in [0.25, 0.3) is 10.8 Å². The monoisotopic (exact) mass is 249 g/mol. The molecule has 0 bridgehead atoms. The van der Waals surface area contributed by atoms with Crippen LogP contribution in [-0.4, -0.2) is 5.91 Å². The van der Waals surface area contributed by atoms with E-state index in [0.29, 0.717) is 0 Å². The van der Waals surface area contributed by atoms with E-state index in [1.165, 1.54) is 0 Å². The summed E-state index contributed by atoms with van der Waals surface area (Å²) in [4.78, 5) is 12.1. The van der Waals surface area contributed by atoms with Gasteiger partial charge >= 0.3 is 0 Å². The van der Waals surface area contributed by atoms with Gasteiger partial charge in [-0.2, -0.15) is 0 Å². The van der Waals surface area contributed by atoms with Crippen LogP contribution in [0.3, 0.4) is 0 Å². The highest BCUT2D eigenvalue weighted by Gasteiger charge is 2.31. The lowest BCUT2D eigenvalue weighted by atomic mass is 9.98. The fourth-order valence-corrected chi connectivity index (χ4v) is 2.66. The van der Waals surface area contributed by atoms with Crippen molar-refractivity contribution in [2.24, 2.45) is 0 Å². The molecule has 3 heteroatoms. The van der Waals surface area contributed by atoms with Gasteiger partial charge in [-0.1, -0.05) is 24.3 Å². The van der Waals surface area contributed by atoms with Gasteiger partial charge in [0.2, 0.25) is 0 Å². The van der Waals surface area contributed by atoms with E-state index in [-0.39, 0.29) is 11.9 Å². The van der Waals surface area contributed by atoms with Gasteiger partial charge in [-0.05, 0) is 40.6 Å². The Balaban J connectivity index is 1.96. The smallest absolute Gasteiger partial charge is 0.252 e. The second kappa shape index (κ2) is 3.72. The van der Waals surface area contributed by atoms with E-state index in [1.807, 2.05) is 36.4 Å². The SMILES string of the molecule is O=C1NC(c2ccco2)c2cc3ccccc3cc21. The Hall–Kier alpha value is -2.55. The number of hydrogen-bond acceptors (Lipinski definition) is 2. The first-order valence-corrected chi connectivity index (χ1v) is 6.20. The molecule has 2 heterocycles. The summed E-state index contributed by atoms with van der Waals surface area (Å²) in [5.41, 5.74) is 1.72. The third kappa shape index (κ3) is 1.48. The minimum atomic E-state index is -0.179. The summed E-state index contributed by atoms with van der Waals surface area (Å²) >= 11 is 0. The summed E-state index contributed by atoms with van der Waals surface area (Å²) in [6.45, 7) is 0. The van der Waals surface area contributed by atoms with Crippen molar-refractivity contribution in [1.82, 2.24) is 5.32 Å². The molecule has 4 rings (SSSR count). The number of carbonyl (C=O) groups is 1. The molecule has 19 heavy (non-hydrogen) atoms. The van der Waals surface area contributed by atoms with Crippen molar-refractivity contribution in [3.05, 3.63) is 71.7 Å². The van der Waals surface area contributed by atoms with E-state index in [2.05, 4.69) is 17.4 Å². The minimum absolute atomic E-state index is 0.0397. The number of carbonyl (C=O) groups excluding carboxylic acids is 1. The van der Waals surface area contributed by atoms with Gasteiger partial charge in [0, 0.05) is 5.56 Å². The number of furan rings is 1. The second-order valence-corrected chi connectivity index (χ2v) is 4.71. The van der Waals surface area contributed by atoms with Crippen LogP contribution >= 0.6 is 0 Å². The molecule has 3 aromatic rings. The largest absolute Gasteiger partial charge is 0.467 e. The first kappa shape index (κ1) is 10.4. The van der Waals surface area contributed by atoms with Crippen molar-refractivity contribution in [3.8, 4) is 0 Å². The van der Waals surface area contributed by atoms with Crippen LogP contribution in [0.1, 0.15) is 27.7 Å². The fraction of sp³-hybridized carbons (Fsp3) is 0.0625. The first-order valence-electron chi connectivity index (χ1n) is 6.20. The summed E-state index contributed by atoms with van der Waals surface area (Å²) in [6.07, 6.45) is 1.63. The van der Waals surface area contributed by atoms with Crippen LogP contribution < -0.4 is 5.32 Å². The van der Waals surface area contributed by atoms with E-state index in [9.17, 15) is 4.79 Å². The lowest BCUT2D eigenvalue weighted by molar-refractivity contribution is 0.0958. The topological polar surface area (TPSA) is 42.2 Å². The van der Waals surface area contributed by atoms with Gasteiger partial charge in [0.1, 0.15) is 11.8 Å². The molecule has 0 aliphatic carbocycles. The van der Waals surface area contributed by atoms with E-state index >= 15 is 0 Å². The molecule has 92 valence electrons. The van der Waals surface area contributed by atoms with Crippen molar-refractivity contribution in [2.45, 2.75) is 6.04 Å². The van der Waals surface area contributed by atoms with Crippen LogP contribution in [-0.2, 0) is 0 Å². The highest BCUT2D eigenvalue weighted by atomic mass is 16.3. The van der Waals surface area contributed by atoms with Gasteiger partial charge in [0.15, 0.2) is 0 Å². The zero-order chi connectivity index (χ0) is 12.8. The molecule has 1 N–H and O–H groups in total. The Morgan fingerprint density at radius 2 is 1.79 bits per heavy atom. The van der Waals surface area contributed by atoms with E-state index < -0.39 is 0 Å². The minimum Gasteiger partial charge on any atom is -0.467 e. The molecule has 0 saturated heterocycles. The van der Waals surface area contributed by atoms with Crippen LogP contribution in [0.5, 0.6) is 0 Å². The molecule has 0 spiro atoms. The molecule has 2 aromatic carbocycles. The predicted molar refractivity (Wildman–Crippen MR) is 72.0 cm³/mol. The Kier molecular flexibility index (Phi) is 2.03. The van der Waals surface area contributed by atoms with Gasteiger partial charge in [-0.3, -0.25) is 4.79 Å². The highest BCUT2D eigenvalue weighted by Crippen LogP contribution is 2.33. The van der Waals surface area contributed by atoms with Crippen molar-refractivity contribution < 1.29 is 9.21 Å². The summed E-state index contributed by atoms with van der Waals surface area (Å²) in [6, 6.07) is 15.6. The normalized spacial score (nSPS) is 17.5. The van der Waals surface area contributed by atoms with Crippen LogP contribution in [0.2, 0.25) is 0 Å². The van der Waals surface area contributed by atoms with E-state index in [1.54, 1.807) is 6.26 Å². The molecule has 1 atom stereocenters. The Bertz CT molecular complexity index is 775. The Morgan fingerprint density at radius 1 is 1.00 bits per heavy atom. The van der Waals surface area contributed by atoms with Gasteiger partial charge in [-0.15, -0.1) is 0 Å². The summed E-state index contributed by atoms with van der Waals surface area (Å²) in [7, 11) is 0. The van der Waals surface area contributed by atoms with Crippen molar-refractivity contribution in [2.75, 3.05) is 0 Å². The Labute approximate surface area is 109 Å². The first-order chi connectivity index (χ1) is 9.33. The summed E-state index contributed by atoms with van der Waals surface area (Å²) < 4.78 is 5.42. The van der Waals surface area contributed by atoms with Crippen LogP contribution in [0.4, 0.5) is 0 Å². The number of benzene rings is 2. The lowest BCUT2D eigenvalue weighted by Crippen LogP contribution is -2.19. The number of fused-ring (bicyclic) bond motifs is 2. The van der Waals surface area contributed by atoms with E-state index in [4.69, 9.17) is 4.42 Å². The molecule has 1 aliphatic heterocycles. The molecule has 0 radical (unpaired) electrons. The summed E-state index contributed by atoms with van der Waals surface area (Å²) in [5, 5.41) is 5.18. The molecule has 0 fully saturated rings. The predicted octanol–water partition coefficient (Wildman–Crippen LogP) is 3.27. The number of nitrogens with one attached hydrogen (secondary N) is 1. The number of amides is 1. The van der Waals surface area contributed by atoms with Gasteiger partial charge in [0.05, 0.1) is 6.26 Å². The van der Waals surface area contributed by atoms with E-state index in [0.717, 1.165) is 27.7 Å². The highest BCUT2D eigenvalue weighted by molar-refractivity contribution is 6.03. The molecule has 1 unspecified atom stereocenters. The van der Waals surface area contributed by atoms with Crippen molar-refractivity contribution in [3.63, 3.8) is 0 Å². The lowest BCUT2D eigenvalue weighted by Gasteiger charge is -2.09. The van der Waals surface area contributed by atoms with Crippen LogP contribution in [0, 0.1) is 0 Å². The molecule has 3 nitrogen and oxygen atoms in total. The third-order valence-electron chi connectivity index (χ3n) is 3.58. The second-order valence-electron chi connectivity index (χ2n) is 4.71. The Morgan fingerprint density at radius 3 is 2.53 bits per heavy atom. The van der Waals surface area contributed by atoms with Crippen molar-refractivity contribution in [1.29, 1.82) is 0 Å². The standard InChI is InChI=1S/C16H11NO2/c18-16-13-9-11-5-2-1-4-10(11)8-12(13)15(17-16)14-6-3-7-19-14/h1-9,15H,(H,17,18). The zero-order valence-corrected chi connectivity index (χ0v) is 10.1.